The lowest BCUT2D eigenvalue weighted by molar-refractivity contribution is -0.101. The molecule has 0 saturated carbocycles. The van der Waals surface area contributed by atoms with Gasteiger partial charge in [-0.15, -0.1) is 0 Å². The number of hydrogen-bond acceptors (Lipinski definition) is 4. The van der Waals surface area contributed by atoms with E-state index in [9.17, 15) is 5.11 Å². The molecule has 1 aliphatic heterocycles. The van der Waals surface area contributed by atoms with Gasteiger partial charge in [-0.2, -0.15) is 0 Å². The Labute approximate surface area is 118 Å². The second kappa shape index (κ2) is 6.53. The van der Waals surface area contributed by atoms with Crippen molar-refractivity contribution in [3.05, 3.63) is 0 Å². The highest BCUT2D eigenvalue weighted by Crippen LogP contribution is 2.20. The fraction of sp³-hybridized carbons (Fsp3) is 1.00. The molecule has 0 radical (unpaired) electrons. The van der Waals surface area contributed by atoms with Crippen molar-refractivity contribution < 1.29 is 9.84 Å². The van der Waals surface area contributed by atoms with Gasteiger partial charge in [0.25, 0.3) is 0 Å². The van der Waals surface area contributed by atoms with Crippen molar-refractivity contribution in [1.82, 2.24) is 10.2 Å². The Balaban J connectivity index is 2.47. The molecule has 2 N–H and O–H groups in total. The first kappa shape index (κ1) is 16.9. The first-order valence-corrected chi connectivity index (χ1v) is 7.35. The number of morpholine rings is 1. The predicted molar refractivity (Wildman–Crippen MR) is 79.4 cm³/mol. The van der Waals surface area contributed by atoms with E-state index in [-0.39, 0.29) is 29.8 Å². The molecule has 114 valence electrons. The van der Waals surface area contributed by atoms with Gasteiger partial charge in [-0.3, -0.25) is 4.90 Å². The van der Waals surface area contributed by atoms with E-state index in [1.54, 1.807) is 0 Å². The number of nitrogens with one attached hydrogen (secondary N) is 1. The van der Waals surface area contributed by atoms with Crippen molar-refractivity contribution in [3.63, 3.8) is 0 Å². The summed E-state index contributed by atoms with van der Waals surface area (Å²) in [6.45, 7) is 17.2. The van der Waals surface area contributed by atoms with Crippen molar-refractivity contribution in [3.8, 4) is 0 Å². The molecule has 0 aliphatic carbocycles. The smallest absolute Gasteiger partial charge is 0.0936 e. The Hall–Kier alpha value is -0.160. The second-order valence-corrected chi connectivity index (χ2v) is 7.71. The molecule has 0 amide bonds. The van der Waals surface area contributed by atoms with Crippen molar-refractivity contribution in [2.24, 2.45) is 5.41 Å². The number of aliphatic hydroxyl groups excluding tert-OH is 1. The Kier molecular flexibility index (Phi) is 5.80. The lowest BCUT2D eigenvalue weighted by Crippen LogP contribution is -2.53. The molecule has 1 heterocycles. The summed E-state index contributed by atoms with van der Waals surface area (Å²) < 4.78 is 5.69. The van der Waals surface area contributed by atoms with E-state index in [1.807, 2.05) is 0 Å². The lowest BCUT2D eigenvalue weighted by atomic mass is 9.90. The molecule has 1 rings (SSSR count). The van der Waals surface area contributed by atoms with Gasteiger partial charge in [0.1, 0.15) is 0 Å². The molecule has 0 aromatic rings. The van der Waals surface area contributed by atoms with Crippen LogP contribution in [0.4, 0.5) is 0 Å². The minimum atomic E-state index is -0.0323. The van der Waals surface area contributed by atoms with Gasteiger partial charge < -0.3 is 15.2 Å². The van der Waals surface area contributed by atoms with Gasteiger partial charge in [0.05, 0.1) is 18.8 Å². The minimum absolute atomic E-state index is 0.0323. The highest BCUT2D eigenvalue weighted by Gasteiger charge is 2.29. The van der Waals surface area contributed by atoms with E-state index in [0.717, 1.165) is 26.2 Å². The molecule has 1 aliphatic rings. The molecule has 0 spiro atoms. The average molecular weight is 272 g/mol. The highest BCUT2D eigenvalue weighted by atomic mass is 16.5. The van der Waals surface area contributed by atoms with E-state index in [0.29, 0.717) is 0 Å². The molecule has 2 atom stereocenters. The fourth-order valence-electron chi connectivity index (χ4n) is 2.54. The first-order valence-electron chi connectivity index (χ1n) is 7.35. The number of aliphatic hydroxyl groups is 1. The van der Waals surface area contributed by atoms with Crippen LogP contribution in [0.15, 0.2) is 0 Å². The average Bonchev–Trinajstić information content (AvgIpc) is 2.24. The largest absolute Gasteiger partial charge is 0.394 e. The number of hydrogen-bond donors (Lipinski definition) is 2. The van der Waals surface area contributed by atoms with Crippen LogP contribution < -0.4 is 5.32 Å². The molecule has 19 heavy (non-hydrogen) atoms. The van der Waals surface area contributed by atoms with Crippen LogP contribution >= 0.6 is 0 Å². The van der Waals surface area contributed by atoms with Gasteiger partial charge in [-0.1, -0.05) is 13.8 Å². The maximum Gasteiger partial charge on any atom is 0.0936 e. The van der Waals surface area contributed by atoms with Gasteiger partial charge in [-0.05, 0) is 33.1 Å². The van der Waals surface area contributed by atoms with Crippen LogP contribution in [0, 0.1) is 5.41 Å². The summed E-state index contributed by atoms with van der Waals surface area (Å²) in [5.74, 6) is 0. The molecule has 4 heteroatoms. The SMILES string of the molecule is CC1CN(CC(C)(C)CNC(C)(C)C)CC(CO)O1. The van der Waals surface area contributed by atoms with Crippen LogP contribution in [0.1, 0.15) is 41.5 Å². The van der Waals surface area contributed by atoms with Crippen LogP contribution in [-0.4, -0.2) is 60.5 Å². The third-order valence-electron chi connectivity index (χ3n) is 3.35. The van der Waals surface area contributed by atoms with E-state index in [1.165, 1.54) is 0 Å². The van der Waals surface area contributed by atoms with Gasteiger partial charge >= 0.3 is 0 Å². The number of ether oxygens (including phenoxy) is 1. The molecular weight excluding hydrogens is 240 g/mol. The molecule has 1 fully saturated rings. The molecule has 0 aromatic heterocycles. The predicted octanol–water partition coefficient (Wildman–Crippen LogP) is 1.48. The van der Waals surface area contributed by atoms with E-state index in [2.05, 4.69) is 51.8 Å². The van der Waals surface area contributed by atoms with Crippen molar-refractivity contribution in [2.75, 3.05) is 32.8 Å². The summed E-state index contributed by atoms with van der Waals surface area (Å²) in [7, 11) is 0. The molecule has 0 bridgehead atoms. The minimum Gasteiger partial charge on any atom is -0.394 e. The van der Waals surface area contributed by atoms with Gasteiger partial charge in [0.15, 0.2) is 0 Å². The summed E-state index contributed by atoms with van der Waals surface area (Å²) in [5, 5.41) is 12.9. The molecule has 0 aromatic carbocycles. The maximum absolute atomic E-state index is 9.27. The van der Waals surface area contributed by atoms with Gasteiger partial charge in [0.2, 0.25) is 0 Å². The zero-order valence-corrected chi connectivity index (χ0v) is 13.5. The normalized spacial score (nSPS) is 26.7. The zero-order chi connectivity index (χ0) is 14.7. The van der Waals surface area contributed by atoms with Gasteiger partial charge in [-0.25, -0.2) is 0 Å². The van der Waals surface area contributed by atoms with Crippen molar-refractivity contribution >= 4 is 0 Å². The number of rotatable bonds is 5. The number of nitrogens with zero attached hydrogens (tertiary/aromatic N) is 1. The monoisotopic (exact) mass is 272 g/mol. The lowest BCUT2D eigenvalue weighted by Gasteiger charge is -2.41. The molecule has 2 unspecified atom stereocenters. The van der Waals surface area contributed by atoms with Crippen molar-refractivity contribution in [2.45, 2.75) is 59.3 Å². The Bertz CT molecular complexity index is 274. The van der Waals surface area contributed by atoms with Crippen LogP contribution in [-0.2, 0) is 4.74 Å². The van der Waals surface area contributed by atoms with Crippen LogP contribution in [0.25, 0.3) is 0 Å². The van der Waals surface area contributed by atoms with Crippen molar-refractivity contribution in [1.29, 1.82) is 0 Å². The third kappa shape index (κ3) is 6.70. The van der Waals surface area contributed by atoms with E-state index in [4.69, 9.17) is 4.74 Å². The summed E-state index contributed by atoms with van der Waals surface area (Å²) >= 11 is 0. The van der Waals surface area contributed by atoms with E-state index < -0.39 is 0 Å². The quantitative estimate of drug-likeness (QED) is 0.796. The Morgan fingerprint density at radius 2 is 1.84 bits per heavy atom. The van der Waals surface area contributed by atoms with Gasteiger partial charge in [0, 0.05) is 31.7 Å². The third-order valence-corrected chi connectivity index (χ3v) is 3.35. The summed E-state index contributed by atoms with van der Waals surface area (Å²) in [6, 6.07) is 0. The Morgan fingerprint density at radius 3 is 2.37 bits per heavy atom. The Morgan fingerprint density at radius 1 is 1.21 bits per heavy atom. The highest BCUT2D eigenvalue weighted by molar-refractivity contribution is 4.84. The van der Waals surface area contributed by atoms with Crippen LogP contribution in [0.3, 0.4) is 0 Å². The topological polar surface area (TPSA) is 44.7 Å². The molecule has 1 saturated heterocycles. The summed E-state index contributed by atoms with van der Waals surface area (Å²) in [6.07, 6.45) is 0.174. The van der Waals surface area contributed by atoms with E-state index >= 15 is 0 Å². The fourth-order valence-corrected chi connectivity index (χ4v) is 2.54. The zero-order valence-electron chi connectivity index (χ0n) is 13.5. The molecule has 4 nitrogen and oxygen atoms in total. The summed E-state index contributed by atoms with van der Waals surface area (Å²) in [5.41, 5.74) is 0.369. The van der Waals surface area contributed by atoms with Crippen LogP contribution in [0.5, 0.6) is 0 Å². The maximum atomic E-state index is 9.27. The first-order chi connectivity index (χ1) is 8.61. The second-order valence-electron chi connectivity index (χ2n) is 7.71. The molecular formula is C15H32N2O2. The van der Waals surface area contributed by atoms with Crippen LogP contribution in [0.2, 0.25) is 0 Å². The standard InChI is InChI=1S/C15H32N2O2/c1-12-7-17(8-13(9-18)19-12)11-15(5,6)10-16-14(2,3)4/h12-13,16,18H,7-11H2,1-6H3. The summed E-state index contributed by atoms with van der Waals surface area (Å²) in [4.78, 5) is 2.42.